The minimum Gasteiger partial charge on any atom is -0.495 e. The lowest BCUT2D eigenvalue weighted by Crippen LogP contribution is -2.22. The highest BCUT2D eigenvalue weighted by atomic mass is 32.1. The third kappa shape index (κ3) is 4.31. The number of nitrogens with zero attached hydrogens (tertiary/aromatic N) is 3. The number of rotatable bonds is 5. The molecule has 0 atom stereocenters. The van der Waals surface area contributed by atoms with Crippen LogP contribution in [0.25, 0.3) is 32.4 Å². The summed E-state index contributed by atoms with van der Waals surface area (Å²) >= 11 is 1.31. The molecule has 0 aliphatic carbocycles. The molecule has 7 nitrogen and oxygen atoms in total. The molecule has 0 aliphatic rings. The van der Waals surface area contributed by atoms with Gasteiger partial charge in [0.25, 0.3) is 5.91 Å². The van der Waals surface area contributed by atoms with Crippen molar-refractivity contribution < 1.29 is 19.1 Å². The molecule has 3 aromatic carbocycles. The normalized spacial score (nSPS) is 11.7. The molecular weight excluding hydrogens is 462 g/mol. The maximum atomic E-state index is 13.6. The molecule has 0 unspecified atom stereocenters. The van der Waals surface area contributed by atoms with Crippen LogP contribution in [0, 0.1) is 0 Å². The number of hydrogen-bond donors (Lipinski definition) is 0. The smallest absolute Gasteiger partial charge is 0.325 e. The number of esters is 1. The molecule has 0 spiro atoms. The summed E-state index contributed by atoms with van der Waals surface area (Å²) in [6, 6.07) is 24.5. The van der Waals surface area contributed by atoms with Crippen molar-refractivity contribution in [1.29, 1.82) is 0 Å². The molecule has 0 aliphatic heterocycles. The summed E-state index contributed by atoms with van der Waals surface area (Å²) in [4.78, 5) is 35.4. The predicted molar refractivity (Wildman–Crippen MR) is 135 cm³/mol. The van der Waals surface area contributed by atoms with Crippen LogP contribution < -0.4 is 9.54 Å². The maximum Gasteiger partial charge on any atom is 0.325 e. The topological polar surface area (TPSA) is 82.8 Å². The van der Waals surface area contributed by atoms with Crippen LogP contribution in [0.1, 0.15) is 10.4 Å². The molecule has 0 saturated heterocycles. The molecule has 8 heteroatoms. The van der Waals surface area contributed by atoms with Gasteiger partial charge in [-0.1, -0.05) is 65.9 Å². The van der Waals surface area contributed by atoms with Crippen molar-refractivity contribution in [2.75, 3.05) is 14.2 Å². The molecule has 2 heterocycles. The summed E-state index contributed by atoms with van der Waals surface area (Å²) in [5.74, 6) is -0.299. The predicted octanol–water partition coefficient (Wildman–Crippen LogP) is 4.84. The van der Waals surface area contributed by atoms with Crippen molar-refractivity contribution in [3.63, 3.8) is 0 Å². The van der Waals surface area contributed by atoms with E-state index in [9.17, 15) is 9.59 Å². The van der Waals surface area contributed by atoms with Gasteiger partial charge in [0.2, 0.25) is 0 Å². The van der Waals surface area contributed by atoms with Gasteiger partial charge in [-0.25, -0.2) is 4.98 Å². The number of hydrogen-bond acceptors (Lipinski definition) is 6. The zero-order chi connectivity index (χ0) is 24.4. The van der Waals surface area contributed by atoms with Crippen LogP contribution in [0.2, 0.25) is 0 Å². The van der Waals surface area contributed by atoms with Crippen LogP contribution in [0.5, 0.6) is 5.75 Å². The van der Waals surface area contributed by atoms with E-state index in [0.717, 1.165) is 10.3 Å². The molecule has 1 amide bonds. The number of ether oxygens (including phenoxy) is 2. The molecule has 0 fully saturated rings. The molecule has 2 aromatic heterocycles. The molecule has 35 heavy (non-hydrogen) atoms. The Hall–Kier alpha value is -4.30. The lowest BCUT2D eigenvalue weighted by Gasteiger charge is -2.08. The summed E-state index contributed by atoms with van der Waals surface area (Å²) in [5.41, 5.74) is 3.40. The van der Waals surface area contributed by atoms with E-state index in [0.29, 0.717) is 38.2 Å². The number of benzene rings is 3. The van der Waals surface area contributed by atoms with Crippen LogP contribution in [-0.2, 0) is 16.1 Å². The Morgan fingerprint density at radius 1 is 0.971 bits per heavy atom. The monoisotopic (exact) mass is 483 g/mol. The van der Waals surface area contributed by atoms with Gasteiger partial charge in [0.05, 0.1) is 35.7 Å². The Kier molecular flexibility index (Phi) is 6.12. The largest absolute Gasteiger partial charge is 0.495 e. The Morgan fingerprint density at radius 2 is 1.74 bits per heavy atom. The van der Waals surface area contributed by atoms with Crippen molar-refractivity contribution >= 4 is 44.3 Å². The van der Waals surface area contributed by atoms with Crippen LogP contribution in [0.4, 0.5) is 0 Å². The zero-order valence-electron chi connectivity index (χ0n) is 19.1. The first-order valence-electron chi connectivity index (χ1n) is 10.9. The molecule has 0 bridgehead atoms. The Labute approximate surface area is 204 Å². The minimum absolute atomic E-state index is 0.102. The van der Waals surface area contributed by atoms with Crippen LogP contribution in [0.15, 0.2) is 83.9 Å². The summed E-state index contributed by atoms with van der Waals surface area (Å²) in [5, 5.41) is 0.708. The molecule has 0 radical (unpaired) electrons. The standard InChI is InChI=1S/C27H21N3O4S/c1-33-22-13-8-14-23-25(22)30(16-24(31)34-2)27(35-23)29-26(32)19-15-21(17-9-4-3-5-10-17)28-20-12-7-6-11-18(19)20/h3-15H,16H2,1-2H3. The van der Waals surface area contributed by atoms with E-state index < -0.39 is 11.9 Å². The third-order valence-corrected chi connectivity index (χ3v) is 6.66. The summed E-state index contributed by atoms with van der Waals surface area (Å²) in [6.45, 7) is -0.102. The van der Waals surface area contributed by atoms with Gasteiger partial charge in [-0.05, 0) is 24.3 Å². The number of amides is 1. The Bertz CT molecular complexity index is 1640. The first-order valence-corrected chi connectivity index (χ1v) is 11.7. The number of carbonyl (C=O) groups is 2. The number of aromatic nitrogens is 2. The average Bonchev–Trinajstić information content (AvgIpc) is 3.24. The number of pyridine rings is 1. The molecular formula is C27H21N3O4S. The van der Waals surface area contributed by atoms with Gasteiger partial charge in [0.15, 0.2) is 4.80 Å². The number of fused-ring (bicyclic) bond motifs is 2. The van der Waals surface area contributed by atoms with Gasteiger partial charge in [0.1, 0.15) is 17.8 Å². The van der Waals surface area contributed by atoms with Crippen molar-refractivity contribution in [2.45, 2.75) is 6.54 Å². The van der Waals surface area contributed by atoms with Gasteiger partial charge < -0.3 is 14.0 Å². The fraction of sp³-hybridized carbons (Fsp3) is 0.111. The quantitative estimate of drug-likeness (QED) is 0.334. The van der Waals surface area contributed by atoms with Crippen molar-refractivity contribution in [3.05, 3.63) is 89.2 Å². The highest BCUT2D eigenvalue weighted by Gasteiger charge is 2.18. The van der Waals surface area contributed by atoms with E-state index in [2.05, 4.69) is 4.99 Å². The second-order valence-electron chi connectivity index (χ2n) is 7.71. The highest BCUT2D eigenvalue weighted by Crippen LogP contribution is 2.28. The molecule has 0 saturated carbocycles. The van der Waals surface area contributed by atoms with E-state index in [4.69, 9.17) is 14.5 Å². The SMILES string of the molecule is COC(=O)Cn1c(=NC(=O)c2cc(-c3ccccc3)nc3ccccc23)sc2cccc(OC)c21. The molecule has 174 valence electrons. The zero-order valence-corrected chi connectivity index (χ0v) is 19.9. The van der Waals surface area contributed by atoms with E-state index in [1.54, 1.807) is 23.8 Å². The first-order chi connectivity index (χ1) is 17.1. The maximum absolute atomic E-state index is 13.6. The average molecular weight is 484 g/mol. The van der Waals surface area contributed by atoms with Gasteiger partial charge >= 0.3 is 5.97 Å². The third-order valence-electron chi connectivity index (χ3n) is 5.61. The number of thiazole rings is 1. The van der Waals surface area contributed by atoms with E-state index in [1.165, 1.54) is 18.4 Å². The van der Waals surface area contributed by atoms with E-state index in [-0.39, 0.29) is 6.54 Å². The number of para-hydroxylation sites is 2. The lowest BCUT2D eigenvalue weighted by molar-refractivity contribution is -0.141. The van der Waals surface area contributed by atoms with Crippen LogP contribution >= 0.6 is 11.3 Å². The van der Waals surface area contributed by atoms with Crippen LogP contribution in [0.3, 0.4) is 0 Å². The van der Waals surface area contributed by atoms with Crippen molar-refractivity contribution in [3.8, 4) is 17.0 Å². The number of carbonyl (C=O) groups excluding carboxylic acids is 2. The number of methoxy groups -OCH3 is 2. The fourth-order valence-electron chi connectivity index (χ4n) is 3.94. The van der Waals surface area contributed by atoms with Crippen LogP contribution in [-0.4, -0.2) is 35.6 Å². The van der Waals surface area contributed by atoms with Gasteiger partial charge in [-0.3, -0.25) is 9.59 Å². The summed E-state index contributed by atoms with van der Waals surface area (Å²) in [6.07, 6.45) is 0. The first kappa shape index (κ1) is 22.5. The Morgan fingerprint density at radius 3 is 2.51 bits per heavy atom. The second-order valence-corrected chi connectivity index (χ2v) is 8.72. The van der Waals surface area contributed by atoms with Gasteiger partial charge in [-0.2, -0.15) is 4.99 Å². The summed E-state index contributed by atoms with van der Waals surface area (Å²) in [7, 11) is 2.88. The minimum atomic E-state index is -0.453. The fourth-order valence-corrected chi connectivity index (χ4v) is 4.99. The molecule has 5 rings (SSSR count). The van der Waals surface area contributed by atoms with E-state index >= 15 is 0 Å². The van der Waals surface area contributed by atoms with Crippen molar-refractivity contribution in [2.24, 2.45) is 4.99 Å². The second kappa shape index (κ2) is 9.52. The van der Waals surface area contributed by atoms with E-state index in [1.807, 2.05) is 66.7 Å². The highest BCUT2D eigenvalue weighted by molar-refractivity contribution is 7.16. The van der Waals surface area contributed by atoms with Crippen molar-refractivity contribution in [1.82, 2.24) is 9.55 Å². The van der Waals surface area contributed by atoms with Gasteiger partial charge in [0, 0.05) is 10.9 Å². The Balaban J connectivity index is 1.72. The molecule has 0 N–H and O–H groups in total. The lowest BCUT2D eigenvalue weighted by atomic mass is 10.0. The van der Waals surface area contributed by atoms with Gasteiger partial charge in [-0.15, -0.1) is 0 Å². The molecule has 5 aromatic rings. The summed E-state index contributed by atoms with van der Waals surface area (Å²) < 4.78 is 12.9.